The van der Waals surface area contributed by atoms with Crippen LogP contribution in [0.2, 0.25) is 10.0 Å². The Balaban J connectivity index is 2.14. The molecule has 0 saturated carbocycles. The molecule has 132 valence electrons. The lowest BCUT2D eigenvalue weighted by Gasteiger charge is -2.26. The third-order valence-corrected chi connectivity index (χ3v) is 4.33. The third-order valence-electron chi connectivity index (χ3n) is 3.51. The molecule has 0 atom stereocenters. The van der Waals surface area contributed by atoms with E-state index in [1.807, 2.05) is 0 Å². The first-order valence-electron chi connectivity index (χ1n) is 7.60. The molecule has 0 aromatic heterocycles. The lowest BCUT2D eigenvalue weighted by molar-refractivity contribution is -0.117. The van der Waals surface area contributed by atoms with Gasteiger partial charge in [0.2, 0.25) is 5.91 Å². The summed E-state index contributed by atoms with van der Waals surface area (Å²) in [6.45, 7) is 3.42. The summed E-state index contributed by atoms with van der Waals surface area (Å²) in [6, 6.07) is 9.91. The minimum atomic E-state index is -0.396. The van der Waals surface area contributed by atoms with Crippen LogP contribution in [0.3, 0.4) is 0 Å². The second-order valence-corrected chi connectivity index (χ2v) is 6.47. The number of amides is 2. The molecule has 0 heterocycles. The van der Waals surface area contributed by atoms with E-state index in [2.05, 4.69) is 5.32 Å². The molecule has 0 fully saturated rings. The van der Waals surface area contributed by atoms with Crippen LogP contribution in [-0.2, 0) is 4.79 Å². The molecule has 1 N–H and O–H groups in total. The lowest BCUT2D eigenvalue weighted by atomic mass is 10.1. The summed E-state index contributed by atoms with van der Waals surface area (Å²) in [7, 11) is 0. The monoisotopic (exact) mass is 382 g/mol. The van der Waals surface area contributed by atoms with Gasteiger partial charge in [0.25, 0.3) is 5.91 Å². The maximum absolute atomic E-state index is 12.9. The molecule has 0 aliphatic heterocycles. The molecule has 0 radical (unpaired) electrons. The second-order valence-electron chi connectivity index (χ2n) is 5.68. The Hall–Kier alpha value is -2.11. The Morgan fingerprint density at radius 3 is 2.36 bits per heavy atom. The van der Waals surface area contributed by atoms with E-state index in [1.54, 1.807) is 32.0 Å². The van der Waals surface area contributed by atoms with Gasteiger partial charge in [-0.3, -0.25) is 9.59 Å². The standard InChI is InChI=1S/C18H17Cl2FN2O2/c1-11(2)23(18(25)14-4-3-5-15(19)17(14)20)10-16(24)22-13-8-6-12(21)7-9-13/h3-9,11H,10H2,1-2H3,(H,22,24). The topological polar surface area (TPSA) is 49.4 Å². The molecule has 0 bridgehead atoms. The van der Waals surface area contributed by atoms with Gasteiger partial charge in [0.05, 0.1) is 15.6 Å². The van der Waals surface area contributed by atoms with Crippen LogP contribution in [-0.4, -0.2) is 29.3 Å². The van der Waals surface area contributed by atoms with Crippen LogP contribution in [0.4, 0.5) is 10.1 Å². The van der Waals surface area contributed by atoms with Crippen molar-refractivity contribution in [2.75, 3.05) is 11.9 Å². The van der Waals surface area contributed by atoms with Crippen molar-refractivity contribution in [1.29, 1.82) is 0 Å². The fourth-order valence-electron chi connectivity index (χ4n) is 2.20. The van der Waals surface area contributed by atoms with Crippen molar-refractivity contribution in [3.05, 3.63) is 63.9 Å². The minimum Gasteiger partial charge on any atom is -0.327 e. The summed E-state index contributed by atoms with van der Waals surface area (Å²) in [5.74, 6) is -1.18. The second kappa shape index (κ2) is 8.32. The number of halogens is 3. The van der Waals surface area contributed by atoms with Gasteiger partial charge < -0.3 is 10.2 Å². The Morgan fingerprint density at radius 1 is 1.12 bits per heavy atom. The zero-order chi connectivity index (χ0) is 18.6. The molecule has 25 heavy (non-hydrogen) atoms. The minimum absolute atomic E-state index is 0.152. The van der Waals surface area contributed by atoms with Gasteiger partial charge in [0, 0.05) is 11.7 Å². The molecule has 0 spiro atoms. The number of anilines is 1. The Kier molecular flexibility index (Phi) is 6.39. The molecule has 4 nitrogen and oxygen atoms in total. The van der Waals surface area contributed by atoms with E-state index in [4.69, 9.17) is 23.2 Å². The lowest BCUT2D eigenvalue weighted by Crippen LogP contribution is -2.42. The van der Waals surface area contributed by atoms with E-state index in [0.717, 1.165) is 0 Å². The van der Waals surface area contributed by atoms with Crippen molar-refractivity contribution in [2.24, 2.45) is 0 Å². The molecule has 0 aliphatic carbocycles. The van der Waals surface area contributed by atoms with Gasteiger partial charge in [-0.05, 0) is 50.2 Å². The average molecular weight is 383 g/mol. The third kappa shape index (κ3) is 4.94. The first-order chi connectivity index (χ1) is 11.8. The molecule has 2 aromatic carbocycles. The van der Waals surface area contributed by atoms with Gasteiger partial charge in [0.1, 0.15) is 12.4 Å². The first-order valence-corrected chi connectivity index (χ1v) is 8.35. The molecular weight excluding hydrogens is 366 g/mol. The van der Waals surface area contributed by atoms with Crippen molar-refractivity contribution >= 4 is 40.7 Å². The van der Waals surface area contributed by atoms with E-state index in [-0.39, 0.29) is 28.2 Å². The first kappa shape index (κ1) is 19.2. The van der Waals surface area contributed by atoms with Crippen molar-refractivity contribution < 1.29 is 14.0 Å². The Bertz CT molecular complexity index is 779. The zero-order valence-electron chi connectivity index (χ0n) is 13.7. The van der Waals surface area contributed by atoms with E-state index in [0.29, 0.717) is 5.69 Å². The summed E-state index contributed by atoms with van der Waals surface area (Å²) < 4.78 is 12.9. The van der Waals surface area contributed by atoms with Crippen LogP contribution in [0.5, 0.6) is 0 Å². The molecule has 0 unspecified atom stereocenters. The largest absolute Gasteiger partial charge is 0.327 e. The van der Waals surface area contributed by atoms with Crippen LogP contribution >= 0.6 is 23.2 Å². The van der Waals surface area contributed by atoms with Gasteiger partial charge in [-0.15, -0.1) is 0 Å². The maximum Gasteiger partial charge on any atom is 0.256 e. The SMILES string of the molecule is CC(C)N(CC(=O)Nc1ccc(F)cc1)C(=O)c1cccc(Cl)c1Cl. The van der Waals surface area contributed by atoms with Crippen LogP contribution in [0.15, 0.2) is 42.5 Å². The molecule has 7 heteroatoms. The maximum atomic E-state index is 12.9. The number of carbonyl (C=O) groups is 2. The molecule has 0 aliphatic rings. The predicted octanol–water partition coefficient (Wildman–Crippen LogP) is 4.62. The summed E-state index contributed by atoms with van der Waals surface area (Å²) in [4.78, 5) is 26.4. The van der Waals surface area contributed by atoms with Gasteiger partial charge >= 0.3 is 0 Å². The zero-order valence-corrected chi connectivity index (χ0v) is 15.2. The van der Waals surface area contributed by atoms with Crippen LogP contribution in [0.25, 0.3) is 0 Å². The van der Waals surface area contributed by atoms with E-state index in [1.165, 1.54) is 29.2 Å². The number of benzene rings is 2. The highest BCUT2D eigenvalue weighted by Gasteiger charge is 2.24. The number of rotatable bonds is 5. The highest BCUT2D eigenvalue weighted by Crippen LogP contribution is 2.27. The van der Waals surface area contributed by atoms with Crippen molar-refractivity contribution in [1.82, 2.24) is 4.90 Å². The number of hydrogen-bond donors (Lipinski definition) is 1. The quantitative estimate of drug-likeness (QED) is 0.819. The summed E-state index contributed by atoms with van der Waals surface area (Å²) >= 11 is 12.1. The van der Waals surface area contributed by atoms with Crippen LogP contribution in [0, 0.1) is 5.82 Å². The fourth-order valence-corrected chi connectivity index (χ4v) is 2.58. The van der Waals surface area contributed by atoms with Crippen molar-refractivity contribution in [2.45, 2.75) is 19.9 Å². The highest BCUT2D eigenvalue weighted by molar-refractivity contribution is 6.43. The smallest absolute Gasteiger partial charge is 0.256 e. The molecule has 2 rings (SSSR count). The normalized spacial score (nSPS) is 10.6. The van der Waals surface area contributed by atoms with Gasteiger partial charge in [-0.25, -0.2) is 4.39 Å². The predicted molar refractivity (Wildman–Crippen MR) is 97.7 cm³/mol. The highest BCUT2D eigenvalue weighted by atomic mass is 35.5. The van der Waals surface area contributed by atoms with E-state index in [9.17, 15) is 14.0 Å². The van der Waals surface area contributed by atoms with Crippen LogP contribution < -0.4 is 5.32 Å². The molecular formula is C18H17Cl2FN2O2. The van der Waals surface area contributed by atoms with Crippen molar-refractivity contribution in [3.63, 3.8) is 0 Å². The van der Waals surface area contributed by atoms with Crippen LogP contribution in [0.1, 0.15) is 24.2 Å². The van der Waals surface area contributed by atoms with E-state index < -0.39 is 17.6 Å². The fraction of sp³-hybridized carbons (Fsp3) is 0.222. The van der Waals surface area contributed by atoms with Crippen molar-refractivity contribution in [3.8, 4) is 0 Å². The Morgan fingerprint density at radius 2 is 1.76 bits per heavy atom. The summed E-state index contributed by atoms with van der Waals surface area (Å²) in [6.07, 6.45) is 0. The van der Waals surface area contributed by atoms with Gasteiger partial charge in [0.15, 0.2) is 0 Å². The Labute approximate surface area is 155 Å². The number of hydrogen-bond acceptors (Lipinski definition) is 2. The summed E-state index contributed by atoms with van der Waals surface area (Å²) in [5, 5.41) is 3.05. The number of carbonyl (C=O) groups excluding carboxylic acids is 2. The molecule has 2 amide bonds. The molecule has 0 saturated heterocycles. The van der Waals surface area contributed by atoms with Gasteiger partial charge in [-0.1, -0.05) is 29.3 Å². The number of nitrogens with zero attached hydrogens (tertiary/aromatic N) is 1. The van der Waals surface area contributed by atoms with Gasteiger partial charge in [-0.2, -0.15) is 0 Å². The number of nitrogens with one attached hydrogen (secondary N) is 1. The summed E-state index contributed by atoms with van der Waals surface area (Å²) in [5.41, 5.74) is 0.681. The molecule has 2 aromatic rings. The van der Waals surface area contributed by atoms with E-state index >= 15 is 0 Å². The average Bonchev–Trinajstić information content (AvgIpc) is 2.56.